The number of hydrogen-bond donors (Lipinski definition) is 4. The molecule has 5 heterocycles. The van der Waals surface area contributed by atoms with E-state index >= 15 is 0 Å². The largest absolute Gasteiger partial charge is 0.493 e. The lowest BCUT2D eigenvalue weighted by molar-refractivity contribution is -0.138. The zero-order chi connectivity index (χ0) is 43.1. The standard InChI is InChI=1S/C42H46ClF3N8O5S/c1-4-24-15-30(54-40(60)53(39(58)41(54,2)3)31-19-32(42(44,45)46)34(20-47)48-21-31)7-9-35(24)59-12-11-23-13-28-5-6-29(14-23)52(28)22-37(56)50-27-17-25(43)16-26(18-27)49-33-8-10-36(55)51-38(33)57/h7,9,15-19,21,23,28-29,33,40,49,60H,4-6,8,10-14,22H2,1-3H3,(H,50,56)(H,51,55,57). The lowest BCUT2D eigenvalue weighted by atomic mass is 9.88. The van der Waals surface area contributed by atoms with Crippen LogP contribution in [0.5, 0.6) is 5.75 Å². The molecule has 4 amide bonds. The Morgan fingerprint density at radius 3 is 2.45 bits per heavy atom. The van der Waals surface area contributed by atoms with Crippen molar-refractivity contribution in [3.05, 3.63) is 70.5 Å². The highest BCUT2D eigenvalue weighted by molar-refractivity contribution is 7.81. The lowest BCUT2D eigenvalue weighted by Gasteiger charge is -2.38. The third-order valence-corrected chi connectivity index (χ3v) is 12.6. The van der Waals surface area contributed by atoms with Crippen LogP contribution < -0.4 is 30.5 Å². The summed E-state index contributed by atoms with van der Waals surface area (Å²) in [6, 6.07) is 12.8. The van der Waals surface area contributed by atoms with Gasteiger partial charge in [0.05, 0.1) is 30.6 Å². The SMILES string of the molecule is CCc1cc(N2C(S)N(c3cnc(C#N)c(C(F)(F)F)c3)C(=O)C2(C)C)ccc1OCCC1CC2CCC(C1)N2CC(=O)Nc1cc(Cl)cc(NC2CCC(=O)NC2=O)c1. The minimum Gasteiger partial charge on any atom is -0.493 e. The first-order valence-corrected chi connectivity index (χ1v) is 20.9. The van der Waals surface area contributed by atoms with Gasteiger partial charge in [-0.3, -0.25) is 34.3 Å². The summed E-state index contributed by atoms with van der Waals surface area (Å²) in [6.07, 6.45) is 2.22. The molecule has 0 spiro atoms. The van der Waals surface area contributed by atoms with Gasteiger partial charge in [0, 0.05) is 40.6 Å². The predicted octanol–water partition coefficient (Wildman–Crippen LogP) is 6.90. The second-order valence-corrected chi connectivity index (χ2v) is 17.2. The third-order valence-electron chi connectivity index (χ3n) is 11.9. The van der Waals surface area contributed by atoms with Gasteiger partial charge in [-0.2, -0.15) is 18.4 Å². The summed E-state index contributed by atoms with van der Waals surface area (Å²) in [6.45, 7) is 6.09. The van der Waals surface area contributed by atoms with Gasteiger partial charge in [0.1, 0.15) is 23.4 Å². The number of carbonyl (C=O) groups excluding carboxylic acids is 4. The molecule has 0 saturated carbocycles. The maximum absolute atomic E-state index is 13.8. The molecule has 3 N–H and O–H groups in total. The van der Waals surface area contributed by atoms with Crippen LogP contribution in [0.25, 0.3) is 0 Å². The summed E-state index contributed by atoms with van der Waals surface area (Å²) in [4.78, 5) is 59.7. The van der Waals surface area contributed by atoms with Gasteiger partial charge in [0.2, 0.25) is 17.7 Å². The number of fused-ring (bicyclic) bond motifs is 2. The number of halogens is 4. The Hall–Kier alpha value is -5.05. The zero-order valence-corrected chi connectivity index (χ0v) is 35.0. The molecule has 7 rings (SSSR count). The zero-order valence-electron chi connectivity index (χ0n) is 33.3. The fourth-order valence-corrected chi connectivity index (χ4v) is 9.89. The summed E-state index contributed by atoms with van der Waals surface area (Å²) in [5.41, 5.74) is -1.65. The van der Waals surface area contributed by atoms with Crippen LogP contribution in [0.2, 0.25) is 5.02 Å². The number of aryl methyl sites for hydroxylation is 1. The van der Waals surface area contributed by atoms with E-state index in [-0.39, 0.29) is 42.6 Å². The third kappa shape index (κ3) is 8.87. The van der Waals surface area contributed by atoms with Crippen LogP contribution in [-0.2, 0) is 31.8 Å². The maximum Gasteiger partial charge on any atom is 0.419 e. The van der Waals surface area contributed by atoms with Crippen LogP contribution in [0.3, 0.4) is 0 Å². The van der Waals surface area contributed by atoms with Crippen molar-refractivity contribution >= 4 is 70.6 Å². The molecule has 4 aliphatic heterocycles. The van der Waals surface area contributed by atoms with Gasteiger partial charge in [-0.15, -0.1) is 12.6 Å². The summed E-state index contributed by atoms with van der Waals surface area (Å²) in [7, 11) is 0. The van der Waals surface area contributed by atoms with E-state index in [4.69, 9.17) is 29.0 Å². The second kappa shape index (κ2) is 17.1. The van der Waals surface area contributed by atoms with Crippen molar-refractivity contribution in [3.63, 3.8) is 0 Å². The van der Waals surface area contributed by atoms with Crippen molar-refractivity contribution in [3.8, 4) is 11.8 Å². The van der Waals surface area contributed by atoms with Crippen molar-refractivity contribution in [1.82, 2.24) is 15.2 Å². The van der Waals surface area contributed by atoms with Gasteiger partial charge in [0.25, 0.3) is 5.91 Å². The molecule has 1 aromatic heterocycles. The number of rotatable bonds is 12. The second-order valence-electron chi connectivity index (χ2n) is 16.3. The average molecular weight is 867 g/mol. The van der Waals surface area contributed by atoms with Gasteiger partial charge in [-0.1, -0.05) is 18.5 Å². The smallest absolute Gasteiger partial charge is 0.419 e. The van der Waals surface area contributed by atoms with E-state index in [1.165, 1.54) is 6.07 Å². The molecule has 4 atom stereocenters. The highest BCUT2D eigenvalue weighted by Crippen LogP contribution is 2.44. The highest BCUT2D eigenvalue weighted by Gasteiger charge is 2.52. The van der Waals surface area contributed by atoms with E-state index < -0.39 is 46.3 Å². The topological polar surface area (TPSA) is 160 Å². The van der Waals surface area contributed by atoms with E-state index in [0.717, 1.165) is 54.8 Å². The molecule has 4 saturated heterocycles. The molecule has 2 aromatic carbocycles. The van der Waals surface area contributed by atoms with Crippen LogP contribution >= 0.6 is 24.2 Å². The maximum atomic E-state index is 13.8. The first-order valence-electron chi connectivity index (χ1n) is 20.0. The Labute approximate surface area is 356 Å². The number of ether oxygens (including phenoxy) is 1. The number of pyridine rings is 1. The van der Waals surface area contributed by atoms with Crippen molar-refractivity contribution < 1.29 is 37.1 Å². The fraction of sp³-hybridized carbons (Fsp3) is 0.476. The number of thiol groups is 1. The van der Waals surface area contributed by atoms with E-state index in [1.54, 1.807) is 36.9 Å². The number of nitrogens with zero attached hydrogens (tertiary/aromatic N) is 5. The van der Waals surface area contributed by atoms with Crippen molar-refractivity contribution in [2.45, 2.75) is 107 Å². The van der Waals surface area contributed by atoms with E-state index in [1.807, 2.05) is 25.1 Å². The highest BCUT2D eigenvalue weighted by atomic mass is 35.5. The number of nitriles is 1. The van der Waals surface area contributed by atoms with Gasteiger partial charge in [-0.05, 0) is 113 Å². The molecule has 4 fully saturated rings. The minimum absolute atomic E-state index is 0.116. The number of carbonyl (C=O) groups is 4. The van der Waals surface area contributed by atoms with Crippen LogP contribution in [0.4, 0.5) is 35.9 Å². The molecule has 0 aliphatic carbocycles. The molecule has 2 bridgehead atoms. The minimum atomic E-state index is -4.84. The quantitative estimate of drug-likeness (QED) is 0.111. The van der Waals surface area contributed by atoms with E-state index in [0.29, 0.717) is 53.2 Å². The fourth-order valence-electron chi connectivity index (χ4n) is 9.00. The monoisotopic (exact) mass is 866 g/mol. The molecule has 4 unspecified atom stereocenters. The Bertz CT molecular complexity index is 2220. The Kier molecular flexibility index (Phi) is 12.3. The number of benzene rings is 2. The summed E-state index contributed by atoms with van der Waals surface area (Å²) in [5, 5.41) is 18.0. The van der Waals surface area contributed by atoms with Gasteiger partial charge >= 0.3 is 6.18 Å². The molecule has 0 radical (unpaired) electrons. The van der Waals surface area contributed by atoms with Crippen LogP contribution in [0, 0.1) is 17.2 Å². The molecular formula is C42H46ClF3N8O5S. The summed E-state index contributed by atoms with van der Waals surface area (Å²) < 4.78 is 47.7. The van der Waals surface area contributed by atoms with Crippen LogP contribution in [0.1, 0.15) is 82.5 Å². The number of amides is 4. The first kappa shape index (κ1) is 43.1. The Morgan fingerprint density at radius 1 is 1.07 bits per heavy atom. The number of piperidine rings is 2. The number of aromatic nitrogens is 1. The lowest BCUT2D eigenvalue weighted by Crippen LogP contribution is -2.47. The number of anilines is 4. The molecular weight excluding hydrogens is 821 g/mol. The predicted molar refractivity (Wildman–Crippen MR) is 223 cm³/mol. The molecule has 3 aromatic rings. The molecule has 318 valence electrons. The molecule has 4 aliphatic rings. The van der Waals surface area contributed by atoms with E-state index in [2.05, 4.69) is 25.8 Å². The Morgan fingerprint density at radius 2 is 1.78 bits per heavy atom. The number of nitrogens with one attached hydrogen (secondary N) is 3. The van der Waals surface area contributed by atoms with Crippen LogP contribution in [0.15, 0.2) is 48.7 Å². The first-order chi connectivity index (χ1) is 28.5. The molecule has 60 heavy (non-hydrogen) atoms. The number of imide groups is 1. The van der Waals surface area contributed by atoms with Crippen LogP contribution in [-0.4, -0.2) is 75.8 Å². The number of hydrogen-bond acceptors (Lipinski definition) is 11. The van der Waals surface area contributed by atoms with E-state index in [9.17, 15) is 37.6 Å². The molecule has 13 nitrogen and oxygen atoms in total. The van der Waals surface area contributed by atoms with Gasteiger partial charge < -0.3 is 20.3 Å². The Balaban J connectivity index is 0.936. The van der Waals surface area contributed by atoms with Crippen molar-refractivity contribution in [2.24, 2.45) is 5.92 Å². The van der Waals surface area contributed by atoms with Gasteiger partial charge in [0.15, 0.2) is 11.2 Å². The average Bonchev–Trinajstić information content (AvgIpc) is 3.51. The van der Waals surface area contributed by atoms with Crippen molar-refractivity contribution in [1.29, 1.82) is 5.26 Å². The number of alkyl halides is 3. The normalized spacial score (nSPS) is 24.0. The molecule has 18 heteroatoms. The van der Waals surface area contributed by atoms with Crippen molar-refractivity contribution in [2.75, 3.05) is 33.6 Å². The summed E-state index contributed by atoms with van der Waals surface area (Å²) >= 11 is 11.1. The van der Waals surface area contributed by atoms with Gasteiger partial charge in [-0.25, -0.2) is 4.98 Å². The summed E-state index contributed by atoms with van der Waals surface area (Å²) in [5.74, 6) is -0.206.